The van der Waals surface area contributed by atoms with Gasteiger partial charge in [-0.15, -0.1) is 11.3 Å². The molecule has 0 bridgehead atoms. The smallest absolute Gasteiger partial charge is 0.107 e. The zero-order valence-corrected chi connectivity index (χ0v) is 12.4. The predicted octanol–water partition coefficient (Wildman–Crippen LogP) is 4.62. The number of hydrogen-bond acceptors (Lipinski definition) is 3. The van der Waals surface area contributed by atoms with Crippen molar-refractivity contribution in [2.75, 3.05) is 6.54 Å². The third-order valence-corrected chi connectivity index (χ3v) is 3.86. The second-order valence-corrected chi connectivity index (χ2v) is 5.71. The van der Waals surface area contributed by atoms with Gasteiger partial charge in [-0.3, -0.25) is 0 Å². The molecule has 0 aliphatic rings. The fraction of sp³-hybridized carbons (Fsp3) is 0.308. The highest BCUT2D eigenvalue weighted by molar-refractivity contribution is 7.09. The van der Waals surface area contributed by atoms with Crippen LogP contribution in [0.1, 0.15) is 18.4 Å². The van der Waals surface area contributed by atoms with Gasteiger partial charge in [0.05, 0.1) is 10.7 Å². The van der Waals surface area contributed by atoms with Crippen LogP contribution >= 0.6 is 34.5 Å². The predicted molar refractivity (Wildman–Crippen MR) is 79.6 cm³/mol. The minimum atomic E-state index is 0.640. The van der Waals surface area contributed by atoms with Crippen LogP contribution in [0.15, 0.2) is 23.6 Å². The molecule has 0 aliphatic heterocycles. The first kappa shape index (κ1) is 13.8. The van der Waals surface area contributed by atoms with E-state index in [1.54, 1.807) is 17.4 Å². The van der Waals surface area contributed by atoms with Gasteiger partial charge in [-0.1, -0.05) is 30.1 Å². The lowest BCUT2D eigenvalue weighted by atomic mass is 10.2. The first-order chi connectivity index (χ1) is 8.70. The normalized spacial score (nSPS) is 10.8. The number of benzene rings is 1. The molecule has 1 N–H and O–H groups in total. The summed E-state index contributed by atoms with van der Waals surface area (Å²) in [6.45, 7) is 3.97. The highest BCUT2D eigenvalue weighted by Crippen LogP contribution is 2.30. The monoisotopic (exact) mass is 300 g/mol. The van der Waals surface area contributed by atoms with Crippen molar-refractivity contribution >= 4 is 34.5 Å². The van der Waals surface area contributed by atoms with Crippen molar-refractivity contribution in [2.24, 2.45) is 0 Å². The molecule has 2 nitrogen and oxygen atoms in total. The fourth-order valence-electron chi connectivity index (χ4n) is 1.59. The van der Waals surface area contributed by atoms with Crippen molar-refractivity contribution in [1.29, 1.82) is 0 Å². The van der Waals surface area contributed by atoms with Gasteiger partial charge in [-0.25, -0.2) is 4.98 Å². The maximum atomic E-state index is 6.16. The Morgan fingerprint density at radius 2 is 2.17 bits per heavy atom. The zero-order chi connectivity index (χ0) is 13.0. The number of rotatable bonds is 5. The van der Waals surface area contributed by atoms with Gasteiger partial charge < -0.3 is 5.32 Å². The maximum Gasteiger partial charge on any atom is 0.107 e. The molecule has 5 heteroatoms. The highest BCUT2D eigenvalue weighted by Gasteiger charge is 2.08. The summed E-state index contributed by atoms with van der Waals surface area (Å²) in [5.74, 6) is 0. The van der Waals surface area contributed by atoms with E-state index in [9.17, 15) is 0 Å². The summed E-state index contributed by atoms with van der Waals surface area (Å²) >= 11 is 13.7. The molecule has 1 aromatic heterocycles. The molecule has 0 saturated heterocycles. The average molecular weight is 301 g/mol. The number of halogens is 2. The van der Waals surface area contributed by atoms with Crippen molar-refractivity contribution in [2.45, 2.75) is 19.9 Å². The molecule has 2 aromatic rings. The number of nitrogens with one attached hydrogen (secondary N) is 1. The minimum Gasteiger partial charge on any atom is -0.310 e. The van der Waals surface area contributed by atoms with Crippen molar-refractivity contribution in [3.8, 4) is 11.3 Å². The van der Waals surface area contributed by atoms with Gasteiger partial charge in [0.15, 0.2) is 0 Å². The highest BCUT2D eigenvalue weighted by atomic mass is 35.5. The van der Waals surface area contributed by atoms with Crippen molar-refractivity contribution < 1.29 is 0 Å². The summed E-state index contributed by atoms with van der Waals surface area (Å²) in [5, 5.41) is 7.72. The van der Waals surface area contributed by atoms with E-state index in [4.69, 9.17) is 23.2 Å². The molecule has 96 valence electrons. The molecule has 0 atom stereocenters. The lowest BCUT2D eigenvalue weighted by molar-refractivity contribution is 0.673. The van der Waals surface area contributed by atoms with Crippen molar-refractivity contribution in [1.82, 2.24) is 10.3 Å². The molecule has 18 heavy (non-hydrogen) atoms. The van der Waals surface area contributed by atoms with E-state index in [0.29, 0.717) is 10.0 Å². The number of nitrogens with zero attached hydrogens (tertiary/aromatic N) is 1. The van der Waals surface area contributed by atoms with Crippen LogP contribution in [0.3, 0.4) is 0 Å². The van der Waals surface area contributed by atoms with Gasteiger partial charge in [-0.05, 0) is 31.2 Å². The van der Waals surface area contributed by atoms with E-state index in [1.807, 2.05) is 17.5 Å². The molecule has 0 fully saturated rings. The molecule has 0 radical (unpaired) electrons. The van der Waals surface area contributed by atoms with Gasteiger partial charge in [0.2, 0.25) is 0 Å². The molecular formula is C13H14Cl2N2S. The van der Waals surface area contributed by atoms with Crippen molar-refractivity contribution in [3.63, 3.8) is 0 Å². The molecule has 0 spiro atoms. The van der Waals surface area contributed by atoms with Gasteiger partial charge in [0.25, 0.3) is 0 Å². The largest absolute Gasteiger partial charge is 0.310 e. The van der Waals surface area contributed by atoms with E-state index in [1.165, 1.54) is 0 Å². The number of aromatic nitrogens is 1. The summed E-state index contributed by atoms with van der Waals surface area (Å²) in [6.07, 6.45) is 1.13. The zero-order valence-electron chi connectivity index (χ0n) is 10.0. The standard InChI is InChI=1S/C13H14Cl2N2S/c1-2-5-16-7-13-17-12(8-18-13)10-4-3-9(14)6-11(10)15/h3-4,6,8,16H,2,5,7H2,1H3. The minimum absolute atomic E-state index is 0.640. The van der Waals surface area contributed by atoms with E-state index >= 15 is 0 Å². The average Bonchev–Trinajstić information content (AvgIpc) is 2.78. The Hall–Kier alpha value is -0.610. The quantitative estimate of drug-likeness (QED) is 0.815. The third kappa shape index (κ3) is 3.45. The van der Waals surface area contributed by atoms with Crippen LogP contribution in [0.25, 0.3) is 11.3 Å². The summed E-state index contributed by atoms with van der Waals surface area (Å²) in [7, 11) is 0. The van der Waals surface area contributed by atoms with Crippen LogP contribution in [0, 0.1) is 0 Å². The summed E-state index contributed by atoms with van der Waals surface area (Å²) in [6, 6.07) is 5.48. The Kier molecular flexibility index (Phi) is 5.01. The Labute approximate surface area is 121 Å². The Morgan fingerprint density at radius 1 is 1.33 bits per heavy atom. The first-order valence-electron chi connectivity index (χ1n) is 5.81. The molecule has 2 rings (SSSR count). The van der Waals surface area contributed by atoms with Gasteiger partial charge in [0.1, 0.15) is 5.01 Å². The van der Waals surface area contributed by atoms with Crippen LogP contribution in [0.2, 0.25) is 10.0 Å². The van der Waals surface area contributed by atoms with Crippen LogP contribution in [-0.4, -0.2) is 11.5 Å². The van der Waals surface area contributed by atoms with E-state index in [-0.39, 0.29) is 0 Å². The number of hydrogen-bond donors (Lipinski definition) is 1. The summed E-state index contributed by atoms with van der Waals surface area (Å²) in [5.41, 5.74) is 1.84. The first-order valence-corrected chi connectivity index (χ1v) is 7.45. The number of thiazole rings is 1. The molecule has 0 unspecified atom stereocenters. The summed E-state index contributed by atoms with van der Waals surface area (Å²) < 4.78 is 0. The summed E-state index contributed by atoms with van der Waals surface area (Å²) in [4.78, 5) is 4.57. The van der Waals surface area contributed by atoms with Crippen LogP contribution in [0.4, 0.5) is 0 Å². The van der Waals surface area contributed by atoms with E-state index in [2.05, 4.69) is 17.2 Å². The van der Waals surface area contributed by atoms with Gasteiger partial charge in [0, 0.05) is 22.5 Å². The molecule has 1 heterocycles. The van der Waals surface area contributed by atoms with E-state index in [0.717, 1.165) is 35.8 Å². The van der Waals surface area contributed by atoms with Crippen molar-refractivity contribution in [3.05, 3.63) is 38.6 Å². The SMILES string of the molecule is CCCNCc1nc(-c2ccc(Cl)cc2Cl)cs1. The maximum absolute atomic E-state index is 6.16. The third-order valence-electron chi connectivity index (χ3n) is 2.46. The molecular weight excluding hydrogens is 287 g/mol. The molecule has 1 aromatic carbocycles. The lowest BCUT2D eigenvalue weighted by Gasteiger charge is -2.01. The topological polar surface area (TPSA) is 24.9 Å². The lowest BCUT2D eigenvalue weighted by Crippen LogP contribution is -2.13. The Morgan fingerprint density at radius 3 is 2.89 bits per heavy atom. The van der Waals surface area contributed by atoms with E-state index < -0.39 is 0 Å². The molecule has 0 amide bonds. The second kappa shape index (κ2) is 6.53. The van der Waals surface area contributed by atoms with Gasteiger partial charge >= 0.3 is 0 Å². The second-order valence-electron chi connectivity index (χ2n) is 3.93. The van der Waals surface area contributed by atoms with Crippen LogP contribution in [0.5, 0.6) is 0 Å². The van der Waals surface area contributed by atoms with Crippen LogP contribution in [-0.2, 0) is 6.54 Å². The Bertz CT molecular complexity index is 525. The Balaban J connectivity index is 2.13. The molecule has 0 aliphatic carbocycles. The molecule has 0 saturated carbocycles. The van der Waals surface area contributed by atoms with Crippen LogP contribution < -0.4 is 5.32 Å². The van der Waals surface area contributed by atoms with Gasteiger partial charge in [-0.2, -0.15) is 0 Å². The fourth-order valence-corrected chi connectivity index (χ4v) is 2.85.